The summed E-state index contributed by atoms with van der Waals surface area (Å²) in [6.45, 7) is 6.06. The maximum absolute atomic E-state index is 11.2. The van der Waals surface area contributed by atoms with Crippen LogP contribution in [0.4, 0.5) is 0 Å². The molecule has 1 heterocycles. The Morgan fingerprint density at radius 3 is 2.46 bits per heavy atom. The molecule has 1 saturated carbocycles. The molecule has 1 N–H and O–H groups in total. The van der Waals surface area contributed by atoms with Gasteiger partial charge in [0.1, 0.15) is 0 Å². The third-order valence-corrected chi connectivity index (χ3v) is 3.20. The zero-order valence-corrected chi connectivity index (χ0v) is 8.97. The Bertz CT molecular complexity index is 179. The highest BCUT2D eigenvalue weighted by atomic mass is 16.2. The van der Waals surface area contributed by atoms with Crippen LogP contribution in [0.2, 0.25) is 0 Å². The second-order valence-corrected chi connectivity index (χ2v) is 3.85. The van der Waals surface area contributed by atoms with Gasteiger partial charge in [-0.3, -0.25) is 4.79 Å². The molecule has 0 aromatic rings. The predicted molar refractivity (Wildman–Crippen MR) is 54.4 cm³/mol. The Labute approximate surface area is 81.1 Å². The standard InChI is InChI=1S/C9H15NO.C2H6/c1-6-7-4-2-3-5-8(7)10-9(6)11;1-2/h6-8H,2-5H2,1H3,(H,10,11);1-2H3. The molecule has 0 aromatic heterocycles. The van der Waals surface area contributed by atoms with Gasteiger partial charge in [0, 0.05) is 12.0 Å². The highest BCUT2D eigenvalue weighted by molar-refractivity contribution is 5.81. The molecule has 0 bridgehead atoms. The van der Waals surface area contributed by atoms with E-state index >= 15 is 0 Å². The first-order chi connectivity index (χ1) is 6.29. The molecule has 2 rings (SSSR count). The summed E-state index contributed by atoms with van der Waals surface area (Å²) in [7, 11) is 0. The zero-order valence-electron chi connectivity index (χ0n) is 8.97. The van der Waals surface area contributed by atoms with Crippen molar-refractivity contribution in [3.8, 4) is 0 Å². The summed E-state index contributed by atoms with van der Waals surface area (Å²) in [5.41, 5.74) is 0. The van der Waals surface area contributed by atoms with Gasteiger partial charge < -0.3 is 5.32 Å². The molecule has 3 atom stereocenters. The fourth-order valence-corrected chi connectivity index (χ4v) is 2.45. The average molecular weight is 183 g/mol. The molecule has 0 radical (unpaired) electrons. The van der Waals surface area contributed by atoms with E-state index in [0.29, 0.717) is 12.0 Å². The summed E-state index contributed by atoms with van der Waals surface area (Å²) in [6, 6.07) is 0.520. The van der Waals surface area contributed by atoms with E-state index in [1.807, 2.05) is 13.8 Å². The van der Waals surface area contributed by atoms with Crippen molar-refractivity contribution in [3.63, 3.8) is 0 Å². The van der Waals surface area contributed by atoms with Gasteiger partial charge in [-0.25, -0.2) is 0 Å². The Morgan fingerprint density at radius 1 is 1.23 bits per heavy atom. The van der Waals surface area contributed by atoms with E-state index in [1.165, 1.54) is 25.7 Å². The number of amides is 1. The Kier molecular flexibility index (Phi) is 3.76. The molecule has 76 valence electrons. The minimum Gasteiger partial charge on any atom is -0.353 e. The lowest BCUT2D eigenvalue weighted by Crippen LogP contribution is -2.31. The van der Waals surface area contributed by atoms with Gasteiger partial charge in [0.2, 0.25) is 5.91 Å². The maximum Gasteiger partial charge on any atom is 0.223 e. The van der Waals surface area contributed by atoms with Gasteiger partial charge in [-0.1, -0.05) is 33.6 Å². The molecule has 1 saturated heterocycles. The second-order valence-electron chi connectivity index (χ2n) is 3.85. The van der Waals surface area contributed by atoms with Crippen LogP contribution >= 0.6 is 0 Å². The van der Waals surface area contributed by atoms with Gasteiger partial charge in [0.15, 0.2) is 0 Å². The lowest BCUT2D eigenvalue weighted by molar-refractivity contribution is -0.122. The van der Waals surface area contributed by atoms with Gasteiger partial charge in [0.25, 0.3) is 0 Å². The fraction of sp³-hybridized carbons (Fsp3) is 0.909. The smallest absolute Gasteiger partial charge is 0.223 e. The van der Waals surface area contributed by atoms with Crippen molar-refractivity contribution in [3.05, 3.63) is 0 Å². The van der Waals surface area contributed by atoms with Crippen molar-refractivity contribution < 1.29 is 4.79 Å². The first kappa shape index (κ1) is 10.6. The van der Waals surface area contributed by atoms with Crippen molar-refractivity contribution in [2.45, 2.75) is 52.5 Å². The Hall–Kier alpha value is -0.530. The Morgan fingerprint density at radius 2 is 1.85 bits per heavy atom. The molecule has 0 aromatic carbocycles. The molecule has 1 aliphatic heterocycles. The number of carbonyl (C=O) groups is 1. The summed E-state index contributed by atoms with van der Waals surface area (Å²) in [5.74, 6) is 1.21. The SMILES string of the molecule is CC.CC1C(=O)NC2CCCCC21. The average Bonchev–Trinajstić information content (AvgIpc) is 2.47. The van der Waals surface area contributed by atoms with E-state index in [0.717, 1.165) is 0 Å². The third kappa shape index (κ3) is 2.04. The third-order valence-electron chi connectivity index (χ3n) is 3.20. The predicted octanol–water partition coefficient (Wildman–Crippen LogP) is 2.34. The highest BCUT2D eigenvalue weighted by Crippen LogP contribution is 2.34. The largest absolute Gasteiger partial charge is 0.353 e. The second kappa shape index (κ2) is 4.64. The Balaban J connectivity index is 0.000000396. The zero-order chi connectivity index (χ0) is 9.84. The van der Waals surface area contributed by atoms with E-state index < -0.39 is 0 Å². The molecule has 2 fully saturated rings. The number of nitrogens with one attached hydrogen (secondary N) is 1. The number of carbonyl (C=O) groups excluding carboxylic acids is 1. The molecule has 1 amide bonds. The van der Waals surface area contributed by atoms with Crippen LogP contribution in [0.3, 0.4) is 0 Å². The van der Waals surface area contributed by atoms with E-state index in [9.17, 15) is 4.79 Å². The van der Waals surface area contributed by atoms with Crippen LogP contribution in [0.15, 0.2) is 0 Å². The fourth-order valence-electron chi connectivity index (χ4n) is 2.45. The summed E-state index contributed by atoms with van der Waals surface area (Å²) < 4.78 is 0. The lowest BCUT2D eigenvalue weighted by Gasteiger charge is -2.25. The summed E-state index contributed by atoms with van der Waals surface area (Å²) in [4.78, 5) is 11.2. The molecule has 0 spiro atoms. The quantitative estimate of drug-likeness (QED) is 0.613. The van der Waals surface area contributed by atoms with Crippen LogP contribution in [0.25, 0.3) is 0 Å². The molecular weight excluding hydrogens is 162 g/mol. The van der Waals surface area contributed by atoms with Gasteiger partial charge in [-0.15, -0.1) is 0 Å². The normalized spacial score (nSPS) is 37.2. The van der Waals surface area contributed by atoms with Crippen LogP contribution in [0.5, 0.6) is 0 Å². The van der Waals surface area contributed by atoms with Crippen molar-refractivity contribution >= 4 is 5.91 Å². The molecule has 1 aliphatic carbocycles. The molecule has 2 heteroatoms. The van der Waals surface area contributed by atoms with Crippen molar-refractivity contribution in [1.29, 1.82) is 0 Å². The van der Waals surface area contributed by atoms with Crippen LogP contribution < -0.4 is 5.32 Å². The first-order valence-corrected chi connectivity index (χ1v) is 5.59. The van der Waals surface area contributed by atoms with E-state index in [-0.39, 0.29) is 11.8 Å². The molecule has 2 nitrogen and oxygen atoms in total. The monoisotopic (exact) mass is 183 g/mol. The molecular formula is C11H21NO. The minimum absolute atomic E-state index is 0.278. The maximum atomic E-state index is 11.2. The first-order valence-electron chi connectivity index (χ1n) is 5.59. The summed E-state index contributed by atoms with van der Waals surface area (Å²) in [5, 5.41) is 3.07. The number of hydrogen-bond acceptors (Lipinski definition) is 1. The van der Waals surface area contributed by atoms with Crippen LogP contribution in [-0.4, -0.2) is 11.9 Å². The highest BCUT2D eigenvalue weighted by Gasteiger charge is 2.39. The van der Waals surface area contributed by atoms with Crippen LogP contribution in [0, 0.1) is 11.8 Å². The number of hydrogen-bond donors (Lipinski definition) is 1. The van der Waals surface area contributed by atoms with E-state index in [1.54, 1.807) is 0 Å². The van der Waals surface area contributed by atoms with Crippen LogP contribution in [-0.2, 0) is 4.79 Å². The lowest BCUT2D eigenvalue weighted by atomic mass is 9.81. The van der Waals surface area contributed by atoms with Gasteiger partial charge in [0.05, 0.1) is 0 Å². The van der Waals surface area contributed by atoms with E-state index in [2.05, 4.69) is 12.2 Å². The number of fused-ring (bicyclic) bond motifs is 1. The van der Waals surface area contributed by atoms with Crippen LogP contribution in [0.1, 0.15) is 46.5 Å². The van der Waals surface area contributed by atoms with Gasteiger partial charge in [-0.2, -0.15) is 0 Å². The van der Waals surface area contributed by atoms with Crippen molar-refractivity contribution in [2.24, 2.45) is 11.8 Å². The summed E-state index contributed by atoms with van der Waals surface area (Å²) >= 11 is 0. The van der Waals surface area contributed by atoms with Crippen molar-refractivity contribution in [2.75, 3.05) is 0 Å². The molecule has 13 heavy (non-hydrogen) atoms. The van der Waals surface area contributed by atoms with Gasteiger partial charge >= 0.3 is 0 Å². The van der Waals surface area contributed by atoms with Gasteiger partial charge in [-0.05, 0) is 18.8 Å². The van der Waals surface area contributed by atoms with E-state index in [4.69, 9.17) is 0 Å². The minimum atomic E-state index is 0.278. The summed E-state index contributed by atoms with van der Waals surface area (Å²) in [6.07, 6.45) is 5.08. The topological polar surface area (TPSA) is 29.1 Å². The number of rotatable bonds is 0. The molecule has 3 unspecified atom stereocenters. The molecule has 2 aliphatic rings. The van der Waals surface area contributed by atoms with Crippen molar-refractivity contribution in [1.82, 2.24) is 5.32 Å².